The van der Waals surface area contributed by atoms with Crippen LogP contribution in [-0.2, 0) is 4.79 Å². The van der Waals surface area contributed by atoms with Gasteiger partial charge in [0.05, 0.1) is 0 Å². The molecule has 0 aliphatic heterocycles. The van der Waals surface area contributed by atoms with E-state index in [9.17, 15) is 4.79 Å². The Hall–Kier alpha value is -1.55. The van der Waals surface area contributed by atoms with Crippen LogP contribution < -0.4 is 15.8 Å². The molecule has 1 aromatic carbocycles. The molecule has 1 aromatic rings. The summed E-state index contributed by atoms with van der Waals surface area (Å²) >= 11 is 0. The highest BCUT2D eigenvalue weighted by Crippen LogP contribution is 2.42. The summed E-state index contributed by atoms with van der Waals surface area (Å²) in [7, 11) is 0. The van der Waals surface area contributed by atoms with Crippen LogP contribution in [0.15, 0.2) is 18.2 Å². The molecule has 1 atom stereocenters. The third-order valence-electron chi connectivity index (χ3n) is 4.76. The molecule has 0 spiro atoms. The Balaban J connectivity index is 1.77. The van der Waals surface area contributed by atoms with E-state index < -0.39 is 5.54 Å². The minimum Gasteiger partial charge on any atom is -0.491 e. The van der Waals surface area contributed by atoms with Crippen molar-refractivity contribution in [3.05, 3.63) is 29.3 Å². The molecule has 2 fully saturated rings. The molecule has 4 heteroatoms. The van der Waals surface area contributed by atoms with Crippen molar-refractivity contribution >= 4 is 5.91 Å². The van der Waals surface area contributed by atoms with Gasteiger partial charge in [-0.05, 0) is 62.6 Å². The summed E-state index contributed by atoms with van der Waals surface area (Å²) in [6.45, 7) is 4.43. The van der Waals surface area contributed by atoms with Gasteiger partial charge < -0.3 is 10.5 Å². The minimum absolute atomic E-state index is 0.276. The first-order chi connectivity index (χ1) is 10.0. The first-order valence-electron chi connectivity index (χ1n) is 7.79. The van der Waals surface area contributed by atoms with Crippen LogP contribution in [0.2, 0.25) is 0 Å². The zero-order valence-corrected chi connectivity index (χ0v) is 12.8. The highest BCUT2D eigenvalue weighted by Gasteiger charge is 2.52. The van der Waals surface area contributed by atoms with E-state index in [-0.39, 0.29) is 5.91 Å². The third-order valence-corrected chi connectivity index (χ3v) is 4.76. The average molecular weight is 288 g/mol. The minimum atomic E-state index is -0.697. The molecule has 4 nitrogen and oxygen atoms in total. The van der Waals surface area contributed by atoms with Crippen LogP contribution in [0.25, 0.3) is 0 Å². The maximum Gasteiger partial charge on any atom is 0.241 e. The molecule has 0 bridgehead atoms. The number of benzene rings is 1. The lowest BCUT2D eigenvalue weighted by molar-refractivity contribution is -0.126. The summed E-state index contributed by atoms with van der Waals surface area (Å²) in [5.74, 6) is 0.891. The van der Waals surface area contributed by atoms with E-state index in [1.54, 1.807) is 0 Å². The van der Waals surface area contributed by atoms with Crippen LogP contribution in [0.3, 0.4) is 0 Å². The number of rotatable bonds is 7. The lowest BCUT2D eigenvalue weighted by Gasteiger charge is -2.32. The number of primary amides is 1. The average Bonchev–Trinajstić information content (AvgIpc) is 3.31. The molecule has 114 valence electrons. The molecular formula is C17H24N2O2. The molecular weight excluding hydrogens is 264 g/mol. The van der Waals surface area contributed by atoms with Gasteiger partial charge in [-0.3, -0.25) is 10.1 Å². The number of hydrogen-bond acceptors (Lipinski definition) is 3. The van der Waals surface area contributed by atoms with Crippen molar-refractivity contribution < 1.29 is 9.53 Å². The highest BCUT2D eigenvalue weighted by atomic mass is 16.5. The monoisotopic (exact) mass is 288 g/mol. The van der Waals surface area contributed by atoms with Gasteiger partial charge in [0.1, 0.15) is 17.9 Å². The fraction of sp³-hybridized carbons (Fsp3) is 0.588. The van der Waals surface area contributed by atoms with Crippen molar-refractivity contribution in [2.24, 2.45) is 11.7 Å². The van der Waals surface area contributed by atoms with Gasteiger partial charge in [-0.25, -0.2) is 0 Å². The fourth-order valence-electron chi connectivity index (χ4n) is 2.86. The molecule has 2 aliphatic carbocycles. The van der Waals surface area contributed by atoms with Gasteiger partial charge in [0.25, 0.3) is 0 Å². The van der Waals surface area contributed by atoms with E-state index in [0.717, 1.165) is 37.0 Å². The van der Waals surface area contributed by atoms with E-state index in [2.05, 4.69) is 18.3 Å². The van der Waals surface area contributed by atoms with Gasteiger partial charge >= 0.3 is 0 Å². The van der Waals surface area contributed by atoms with Crippen molar-refractivity contribution in [3.63, 3.8) is 0 Å². The molecule has 21 heavy (non-hydrogen) atoms. The van der Waals surface area contributed by atoms with Crippen molar-refractivity contribution in [1.29, 1.82) is 0 Å². The van der Waals surface area contributed by atoms with Crippen molar-refractivity contribution in [2.45, 2.75) is 51.1 Å². The SMILES string of the molecule is Cc1cccc(OCC(NC2CC2)(C(N)=O)C2CC2)c1C. The predicted octanol–water partition coefficient (Wildman–Crippen LogP) is 2.07. The van der Waals surface area contributed by atoms with E-state index in [4.69, 9.17) is 10.5 Å². The second-order valence-electron chi connectivity index (χ2n) is 6.52. The lowest BCUT2D eigenvalue weighted by Crippen LogP contribution is -2.61. The number of ether oxygens (including phenoxy) is 1. The molecule has 0 radical (unpaired) electrons. The van der Waals surface area contributed by atoms with Crippen LogP contribution >= 0.6 is 0 Å². The molecule has 0 saturated heterocycles. The molecule has 1 amide bonds. The molecule has 3 rings (SSSR count). The zero-order valence-electron chi connectivity index (χ0n) is 12.8. The number of amides is 1. The second-order valence-corrected chi connectivity index (χ2v) is 6.52. The van der Waals surface area contributed by atoms with Crippen molar-refractivity contribution in [2.75, 3.05) is 6.61 Å². The molecule has 0 heterocycles. The normalized spacial score (nSPS) is 20.9. The predicted molar refractivity (Wildman–Crippen MR) is 82.2 cm³/mol. The van der Waals surface area contributed by atoms with Gasteiger partial charge in [-0.2, -0.15) is 0 Å². The summed E-state index contributed by atoms with van der Waals surface area (Å²) in [6, 6.07) is 6.43. The van der Waals surface area contributed by atoms with E-state index >= 15 is 0 Å². The highest BCUT2D eigenvalue weighted by molar-refractivity contribution is 5.86. The van der Waals surface area contributed by atoms with Crippen LogP contribution in [0.4, 0.5) is 0 Å². The van der Waals surface area contributed by atoms with E-state index in [1.807, 2.05) is 19.1 Å². The van der Waals surface area contributed by atoms with Gasteiger partial charge in [-0.15, -0.1) is 0 Å². The zero-order chi connectivity index (χ0) is 15.0. The quantitative estimate of drug-likeness (QED) is 0.807. The second kappa shape index (κ2) is 5.34. The van der Waals surface area contributed by atoms with Crippen molar-refractivity contribution in [1.82, 2.24) is 5.32 Å². The molecule has 3 N–H and O–H groups in total. The van der Waals surface area contributed by atoms with Crippen molar-refractivity contribution in [3.8, 4) is 5.75 Å². The third kappa shape index (κ3) is 2.91. The topological polar surface area (TPSA) is 64.3 Å². The number of carbonyl (C=O) groups is 1. The molecule has 1 unspecified atom stereocenters. The summed E-state index contributed by atoms with van der Waals surface area (Å²) in [5.41, 5.74) is 7.36. The Morgan fingerprint density at radius 1 is 1.33 bits per heavy atom. The molecule has 2 aliphatic rings. The van der Waals surface area contributed by atoms with Gasteiger partial charge in [0.2, 0.25) is 5.91 Å². The smallest absolute Gasteiger partial charge is 0.241 e. The van der Waals surface area contributed by atoms with Gasteiger partial charge in [0.15, 0.2) is 0 Å². The largest absolute Gasteiger partial charge is 0.491 e. The first kappa shape index (κ1) is 14.4. The summed E-state index contributed by atoms with van der Waals surface area (Å²) in [4.78, 5) is 12.1. The maximum atomic E-state index is 12.1. The Kier molecular flexibility index (Phi) is 3.66. The summed E-state index contributed by atoms with van der Waals surface area (Å²) in [6.07, 6.45) is 4.37. The number of nitrogens with two attached hydrogens (primary N) is 1. The number of hydrogen-bond donors (Lipinski definition) is 2. The number of nitrogens with one attached hydrogen (secondary N) is 1. The maximum absolute atomic E-state index is 12.1. The standard InChI is InChI=1S/C17H24N2O2/c1-11-4-3-5-15(12(11)2)21-10-17(16(18)20,13-6-7-13)19-14-8-9-14/h3-5,13-14,19H,6-10H2,1-2H3,(H2,18,20). The summed E-state index contributed by atoms with van der Waals surface area (Å²) < 4.78 is 6.01. The first-order valence-corrected chi connectivity index (χ1v) is 7.79. The number of carbonyl (C=O) groups excluding carboxylic acids is 1. The Bertz CT molecular complexity index is 550. The Morgan fingerprint density at radius 2 is 2.05 bits per heavy atom. The van der Waals surface area contributed by atoms with Crippen LogP contribution in [0.1, 0.15) is 36.8 Å². The van der Waals surface area contributed by atoms with Crippen LogP contribution in [0, 0.1) is 19.8 Å². The summed E-state index contributed by atoms with van der Waals surface area (Å²) in [5, 5.41) is 3.47. The van der Waals surface area contributed by atoms with Gasteiger partial charge in [0, 0.05) is 6.04 Å². The van der Waals surface area contributed by atoms with Crippen LogP contribution in [-0.4, -0.2) is 24.1 Å². The molecule has 2 saturated carbocycles. The number of aryl methyl sites for hydroxylation is 1. The molecule has 0 aromatic heterocycles. The Labute approximate surface area is 126 Å². The van der Waals surface area contributed by atoms with Crippen LogP contribution in [0.5, 0.6) is 5.75 Å². The van der Waals surface area contributed by atoms with E-state index in [0.29, 0.717) is 18.6 Å². The lowest BCUT2D eigenvalue weighted by atomic mass is 9.93. The Morgan fingerprint density at radius 3 is 2.62 bits per heavy atom. The van der Waals surface area contributed by atoms with Gasteiger partial charge in [-0.1, -0.05) is 12.1 Å². The fourth-order valence-corrected chi connectivity index (χ4v) is 2.86. The van der Waals surface area contributed by atoms with E-state index in [1.165, 1.54) is 5.56 Å².